The van der Waals surface area contributed by atoms with Gasteiger partial charge in [0, 0.05) is 0 Å². The lowest BCUT2D eigenvalue weighted by molar-refractivity contribution is 0.121. The van der Waals surface area contributed by atoms with E-state index in [4.69, 9.17) is 19.8 Å². The van der Waals surface area contributed by atoms with E-state index >= 15 is 0 Å². The Bertz CT molecular complexity index is 175. The maximum atomic E-state index is 11.0. The number of halogens is 3. The van der Waals surface area contributed by atoms with Gasteiger partial charge in [0.25, 0.3) is 0 Å². The number of rotatable bonds is 2. The molecule has 0 aromatic heterocycles. The largest absolute Gasteiger partial charge is 0.495 e. The minimum atomic E-state index is -2.33. The highest BCUT2D eigenvalue weighted by atomic mass is 19.2. The zero-order chi connectivity index (χ0) is 12.9. The van der Waals surface area contributed by atoms with E-state index in [0.29, 0.717) is 6.42 Å². The molecule has 0 aliphatic heterocycles. The minimum Gasteiger partial charge on any atom is -0.456 e. The monoisotopic (exact) mass is 234 g/mol. The predicted octanol–water partition coefficient (Wildman–Crippen LogP) is 2.77. The van der Waals surface area contributed by atoms with Gasteiger partial charge in [-0.25, -0.2) is 14.4 Å². The van der Waals surface area contributed by atoms with Crippen molar-refractivity contribution >= 4 is 18.7 Å². The maximum absolute atomic E-state index is 11.0. The number of carbonyl (C=O) groups is 3. The third-order valence-electron chi connectivity index (χ3n) is 0.420. The first-order valence-electron chi connectivity index (χ1n) is 3.33. The lowest BCUT2D eigenvalue weighted by atomic mass is 10.5. The topological polar surface area (TPSA) is 101 Å². The minimum absolute atomic E-state index is 0.176. The summed E-state index contributed by atoms with van der Waals surface area (Å²) in [4.78, 5) is 26.0. The molecule has 0 rings (SSSR count). The third kappa shape index (κ3) is 262. The van der Waals surface area contributed by atoms with E-state index in [9.17, 15) is 18.0 Å². The number of carbonyl (C=O) groups excluding carboxylic acids is 1. The van der Waals surface area contributed by atoms with Crippen LogP contribution in [0.15, 0.2) is 0 Å². The molecule has 2 N–H and O–H groups in total. The summed E-state index contributed by atoms with van der Waals surface area (Å²) < 4.78 is 34.7. The van der Waals surface area contributed by atoms with E-state index in [1.807, 2.05) is 0 Å². The number of ether oxygens (including phenoxy) is 1. The second-order valence-corrected chi connectivity index (χ2v) is 1.59. The van der Waals surface area contributed by atoms with E-state index < -0.39 is 18.7 Å². The molecule has 15 heavy (non-hydrogen) atoms. The van der Waals surface area contributed by atoms with E-state index in [-0.39, 0.29) is 6.61 Å². The molecule has 0 atom stereocenters. The molecule has 0 aliphatic rings. The summed E-state index contributed by atoms with van der Waals surface area (Å²) in [7, 11) is 0. The van der Waals surface area contributed by atoms with Crippen molar-refractivity contribution < 1.29 is 42.5 Å². The fraction of sp³-hybridized carbons (Fsp3) is 0.500. The molecule has 0 aliphatic carbocycles. The quantitative estimate of drug-likeness (QED) is 0.712. The Hall–Kier alpha value is -1.80. The molecule has 0 fully saturated rings. The van der Waals surface area contributed by atoms with Crippen LogP contribution in [0.25, 0.3) is 0 Å². The van der Waals surface area contributed by atoms with Gasteiger partial charge in [0.1, 0.15) is 0 Å². The molecule has 0 aromatic rings. The fourth-order valence-corrected chi connectivity index (χ4v) is 0.182. The Morgan fingerprint density at radius 3 is 1.40 bits per heavy atom. The Balaban J connectivity index is -0.000000155. The summed E-state index contributed by atoms with van der Waals surface area (Å²) in [6, 6.07) is 0. The van der Waals surface area contributed by atoms with Crippen LogP contribution >= 0.6 is 0 Å². The van der Waals surface area contributed by atoms with Gasteiger partial charge in [-0.1, -0.05) is 6.92 Å². The van der Waals surface area contributed by atoms with Crippen molar-refractivity contribution in [2.45, 2.75) is 13.3 Å². The van der Waals surface area contributed by atoms with Gasteiger partial charge < -0.3 is 14.9 Å². The van der Waals surface area contributed by atoms with Gasteiger partial charge in [-0.05, 0) is 6.42 Å². The molecule has 0 bridgehead atoms. The van der Waals surface area contributed by atoms with Crippen molar-refractivity contribution in [2.24, 2.45) is 0 Å². The second kappa shape index (κ2) is 14.7. The van der Waals surface area contributed by atoms with Crippen LogP contribution in [-0.2, 0) is 4.74 Å². The first kappa shape index (κ1) is 18.9. The molecule has 0 saturated carbocycles. The van der Waals surface area contributed by atoms with Crippen molar-refractivity contribution in [1.82, 2.24) is 0 Å². The number of hydrogen-bond acceptors (Lipinski definition) is 4. The van der Waals surface area contributed by atoms with Gasteiger partial charge in [-0.15, -0.1) is 13.2 Å². The van der Waals surface area contributed by atoms with Crippen LogP contribution in [-0.4, -0.2) is 35.5 Å². The molecule has 0 saturated heterocycles. The smallest absolute Gasteiger partial charge is 0.456 e. The van der Waals surface area contributed by atoms with Gasteiger partial charge in [0.15, 0.2) is 0 Å². The Kier molecular flexibility index (Phi) is 18.5. The van der Waals surface area contributed by atoms with Gasteiger partial charge in [-0.3, -0.25) is 0 Å². The summed E-state index contributed by atoms with van der Waals surface area (Å²) in [6.07, 6.45) is -5.70. The van der Waals surface area contributed by atoms with Crippen LogP contribution in [0.5, 0.6) is 0 Å². The van der Waals surface area contributed by atoms with E-state index in [1.165, 1.54) is 0 Å². The average Bonchev–Trinajstić information content (AvgIpc) is 1.98. The Labute approximate surface area is 82.3 Å². The van der Waals surface area contributed by atoms with Crippen molar-refractivity contribution in [3.05, 3.63) is 0 Å². The molecule has 0 unspecified atom stereocenters. The molecular formula is C6H9F3O6. The third-order valence-corrected chi connectivity index (χ3v) is 0.420. The lowest BCUT2D eigenvalue weighted by Crippen LogP contribution is -1.94. The van der Waals surface area contributed by atoms with Crippen molar-refractivity contribution in [3.63, 3.8) is 0 Å². The zero-order valence-corrected chi connectivity index (χ0v) is 7.58. The first-order chi connectivity index (χ1) is 6.73. The molecule has 9 heteroatoms. The highest BCUT2D eigenvalue weighted by Gasteiger charge is 1.91. The summed E-state index contributed by atoms with van der Waals surface area (Å²) in [5.41, 5.74) is 0. The van der Waals surface area contributed by atoms with E-state index in [0.717, 1.165) is 0 Å². The molecule has 0 amide bonds. The zero-order valence-electron chi connectivity index (χ0n) is 7.58. The number of hydrogen-bond donors (Lipinski definition) is 2. The van der Waals surface area contributed by atoms with E-state index in [1.54, 1.807) is 6.92 Å². The van der Waals surface area contributed by atoms with Crippen molar-refractivity contribution in [3.8, 4) is 0 Å². The second-order valence-electron chi connectivity index (χ2n) is 1.59. The molecule has 0 spiro atoms. The highest BCUT2D eigenvalue weighted by Crippen LogP contribution is 1.83. The van der Waals surface area contributed by atoms with Gasteiger partial charge in [0.05, 0.1) is 6.61 Å². The van der Waals surface area contributed by atoms with Crippen LogP contribution in [0.4, 0.5) is 27.6 Å². The van der Waals surface area contributed by atoms with Gasteiger partial charge in [0.2, 0.25) is 0 Å². The molecule has 0 heterocycles. The molecular weight excluding hydrogens is 225 g/mol. The van der Waals surface area contributed by atoms with Gasteiger partial charge in [-0.2, -0.15) is 0 Å². The predicted molar refractivity (Wildman–Crippen MR) is 41.0 cm³/mol. The summed E-state index contributed by atoms with van der Waals surface area (Å²) in [5, 5.41) is 13.5. The molecule has 0 aromatic carbocycles. The normalized spacial score (nSPS) is 7.20. The molecule has 6 nitrogen and oxygen atoms in total. The van der Waals surface area contributed by atoms with Crippen LogP contribution in [0.3, 0.4) is 0 Å². The van der Waals surface area contributed by atoms with Crippen molar-refractivity contribution in [2.75, 3.05) is 6.61 Å². The van der Waals surface area contributed by atoms with Crippen molar-refractivity contribution in [1.29, 1.82) is 0 Å². The van der Waals surface area contributed by atoms with Crippen LogP contribution in [0.1, 0.15) is 13.3 Å². The van der Waals surface area contributed by atoms with Crippen LogP contribution < -0.4 is 0 Å². The Morgan fingerprint density at radius 1 is 1.07 bits per heavy atom. The number of carboxylic acid groups (broad SMARTS) is 2. The fourth-order valence-electron chi connectivity index (χ4n) is 0.182. The molecule has 90 valence electrons. The standard InChI is InChI=1S/C4H7FO2.2CHFO2/c1-2-3-7-4(5)6;2*2-1(3)4/h2-3H2,1H3;2*(H,3,4). The summed E-state index contributed by atoms with van der Waals surface area (Å²) in [5.74, 6) is 0. The summed E-state index contributed by atoms with van der Waals surface area (Å²) >= 11 is 0. The lowest BCUT2D eigenvalue weighted by Gasteiger charge is -1.90. The maximum Gasteiger partial charge on any atom is 0.495 e. The first-order valence-corrected chi connectivity index (χ1v) is 3.33. The average molecular weight is 234 g/mol. The van der Waals surface area contributed by atoms with Crippen LogP contribution in [0.2, 0.25) is 0 Å². The highest BCUT2D eigenvalue weighted by molar-refractivity contribution is 5.57. The summed E-state index contributed by atoms with van der Waals surface area (Å²) in [6.45, 7) is 1.97. The van der Waals surface area contributed by atoms with Crippen LogP contribution in [0, 0.1) is 0 Å². The molecule has 0 radical (unpaired) electrons. The SMILES string of the molecule is CCCOC(=O)F.O=C(O)F.O=C(O)F. The van der Waals surface area contributed by atoms with Gasteiger partial charge >= 0.3 is 18.7 Å². The van der Waals surface area contributed by atoms with E-state index in [2.05, 4.69) is 4.74 Å². The Morgan fingerprint density at radius 2 is 1.33 bits per heavy atom.